The third kappa shape index (κ3) is 11.3. The van der Waals surface area contributed by atoms with Gasteiger partial charge in [0, 0.05) is 28.2 Å². The lowest BCUT2D eigenvalue weighted by molar-refractivity contribution is 0.643. The van der Waals surface area contributed by atoms with E-state index in [1.165, 1.54) is 0 Å². The quantitative estimate of drug-likeness (QED) is 0.343. The van der Waals surface area contributed by atoms with Gasteiger partial charge in [-0.3, -0.25) is 0 Å². The molecule has 32 heavy (non-hydrogen) atoms. The molecule has 0 fully saturated rings. The minimum Gasteiger partial charge on any atom is -0.369 e. The first-order valence-electron chi connectivity index (χ1n) is 8.64. The van der Waals surface area contributed by atoms with Gasteiger partial charge >= 0.3 is 0 Å². The molecule has 0 aliphatic heterocycles. The Kier molecular flexibility index (Phi) is 14.4. The molecule has 3 N–H and O–H groups in total. The number of nitrogens with one attached hydrogen (secondary N) is 1. The molecule has 0 bridgehead atoms. The fourth-order valence-corrected chi connectivity index (χ4v) is 2.41. The Balaban J connectivity index is 0.000000536. The summed E-state index contributed by atoms with van der Waals surface area (Å²) in [5.41, 5.74) is 5.97. The molecule has 0 spiro atoms. The van der Waals surface area contributed by atoms with E-state index in [4.69, 9.17) is 52.1 Å². The van der Waals surface area contributed by atoms with Crippen LogP contribution in [0.3, 0.4) is 0 Å². The van der Waals surface area contributed by atoms with Gasteiger partial charge < -0.3 is 20.9 Å². The van der Waals surface area contributed by atoms with Gasteiger partial charge in [0.25, 0.3) is 5.95 Å². The lowest BCUT2D eigenvalue weighted by atomic mass is 10.5. The number of rotatable bonds is 5. The maximum atomic E-state index is 5.84. The van der Waals surface area contributed by atoms with Crippen molar-refractivity contribution in [3.63, 3.8) is 0 Å². The van der Waals surface area contributed by atoms with E-state index in [0.29, 0.717) is 11.4 Å². The predicted molar refractivity (Wildman–Crippen MR) is 136 cm³/mol. The van der Waals surface area contributed by atoms with E-state index in [9.17, 15) is 0 Å². The first-order valence-corrected chi connectivity index (χ1v) is 10.2. The molecular weight excluding hydrogens is 500 g/mol. The lowest BCUT2D eigenvalue weighted by Crippen LogP contribution is -2.07. The summed E-state index contributed by atoms with van der Waals surface area (Å²) in [6, 6.07) is 0. The molecule has 176 valence electrons. The zero-order valence-corrected chi connectivity index (χ0v) is 21.5. The van der Waals surface area contributed by atoms with Crippen LogP contribution in [-0.4, -0.2) is 91.4 Å². The summed E-state index contributed by atoms with van der Waals surface area (Å²) in [6.45, 7) is 3.28. The Bertz CT molecular complexity index is 887. The second-order valence-corrected chi connectivity index (χ2v) is 7.47. The van der Waals surface area contributed by atoms with E-state index in [0.717, 1.165) is 0 Å². The smallest absolute Gasteiger partial charge is 0.251 e. The maximum Gasteiger partial charge on any atom is 0.251 e. The number of aromatic nitrogens is 4. The van der Waals surface area contributed by atoms with Crippen molar-refractivity contribution in [1.82, 2.24) is 35.1 Å². The van der Waals surface area contributed by atoms with Gasteiger partial charge in [0.1, 0.15) is 11.4 Å². The van der Waals surface area contributed by atoms with Crippen LogP contribution in [0.1, 0.15) is 0 Å². The normalized spacial score (nSPS) is 10.3. The van der Waals surface area contributed by atoms with Crippen molar-refractivity contribution in [2.24, 2.45) is 15.0 Å². The molecule has 2 aromatic heterocycles. The second-order valence-electron chi connectivity index (χ2n) is 6.04. The fraction of sp³-hybridized carbons (Fsp3) is 0.353. The average Bonchev–Trinajstić information content (AvgIpc) is 2.67. The Labute approximate surface area is 207 Å². The molecule has 0 atom stereocenters. The highest BCUT2D eigenvalue weighted by molar-refractivity contribution is 6.38. The van der Waals surface area contributed by atoms with Crippen LogP contribution in [0.15, 0.2) is 15.0 Å². The summed E-state index contributed by atoms with van der Waals surface area (Å²) in [5.74, 6) is 0.164. The topological polar surface area (TPSA) is 133 Å². The van der Waals surface area contributed by atoms with Crippen molar-refractivity contribution in [1.29, 1.82) is 0 Å². The summed E-state index contributed by atoms with van der Waals surface area (Å²) in [5, 5.41) is 3.33. The van der Waals surface area contributed by atoms with Gasteiger partial charge in [0.2, 0.25) is 5.95 Å². The molecule has 0 aromatic carbocycles. The van der Waals surface area contributed by atoms with Crippen molar-refractivity contribution < 1.29 is 0 Å². The highest BCUT2D eigenvalue weighted by atomic mass is 35.5. The standard InChI is InChI=1S/C8H9Cl2N5.C7H9Cl2N5.C2H7N/c1-11-8-13-6(9)5(7(10)14-8)12-4-15(2)3;1-14(2)3-11-4-5(8)12-7(10)13-6(4)9;1-3-2/h4H,1H2,2-3H3;3H,1-2H3,(H2,10,12,13);3H,1-2H3. The number of hydrogen-bond acceptors (Lipinski definition) is 9. The zero-order valence-electron chi connectivity index (χ0n) is 18.5. The molecule has 0 radical (unpaired) electrons. The van der Waals surface area contributed by atoms with Crippen LogP contribution in [0.25, 0.3) is 0 Å². The van der Waals surface area contributed by atoms with E-state index in [1.807, 2.05) is 42.3 Å². The molecule has 15 heteroatoms. The van der Waals surface area contributed by atoms with Crippen molar-refractivity contribution in [2.75, 3.05) is 48.0 Å². The third-order valence-corrected chi connectivity index (χ3v) is 3.63. The Morgan fingerprint density at radius 3 is 1.38 bits per heavy atom. The summed E-state index contributed by atoms with van der Waals surface area (Å²) in [4.78, 5) is 30.2. The largest absolute Gasteiger partial charge is 0.369 e. The van der Waals surface area contributed by atoms with Crippen LogP contribution in [0, 0.1) is 0 Å². The van der Waals surface area contributed by atoms with Gasteiger partial charge in [-0.15, -0.1) is 0 Å². The first-order chi connectivity index (χ1) is 15.0. The van der Waals surface area contributed by atoms with Crippen LogP contribution in [0.2, 0.25) is 20.6 Å². The minimum atomic E-state index is 0.0313. The van der Waals surface area contributed by atoms with Crippen molar-refractivity contribution in [3.05, 3.63) is 20.6 Å². The molecule has 2 rings (SSSR count). The molecule has 0 saturated heterocycles. The number of nitrogen functional groups attached to an aromatic ring is 1. The highest BCUT2D eigenvalue weighted by Crippen LogP contribution is 2.31. The molecule has 2 heterocycles. The summed E-state index contributed by atoms with van der Waals surface area (Å²) < 4.78 is 0. The van der Waals surface area contributed by atoms with Crippen molar-refractivity contribution in [2.45, 2.75) is 0 Å². The average molecular weight is 525 g/mol. The molecule has 0 amide bonds. The Hall–Kier alpha value is -2.31. The van der Waals surface area contributed by atoms with Crippen LogP contribution in [-0.2, 0) is 0 Å². The van der Waals surface area contributed by atoms with E-state index in [-0.39, 0.29) is 32.5 Å². The molecular formula is C17H25Cl4N11. The third-order valence-electron chi connectivity index (χ3n) is 2.58. The van der Waals surface area contributed by atoms with Crippen LogP contribution >= 0.6 is 46.4 Å². The number of hydrogen-bond donors (Lipinski definition) is 2. The zero-order chi connectivity index (χ0) is 24.8. The van der Waals surface area contributed by atoms with E-state index >= 15 is 0 Å². The molecule has 11 nitrogen and oxygen atoms in total. The predicted octanol–water partition coefficient (Wildman–Crippen LogP) is 3.76. The van der Waals surface area contributed by atoms with Gasteiger partial charge in [-0.25, -0.2) is 15.0 Å². The molecule has 0 aliphatic carbocycles. The monoisotopic (exact) mass is 523 g/mol. The van der Waals surface area contributed by atoms with Gasteiger partial charge in [-0.05, 0) is 20.8 Å². The van der Waals surface area contributed by atoms with Gasteiger partial charge in [0.15, 0.2) is 20.6 Å². The van der Waals surface area contributed by atoms with Gasteiger partial charge in [-0.2, -0.15) is 19.9 Å². The second kappa shape index (κ2) is 15.5. The van der Waals surface area contributed by atoms with E-state index in [2.05, 4.69) is 46.9 Å². The minimum absolute atomic E-state index is 0.0313. The number of anilines is 1. The molecule has 0 aliphatic rings. The van der Waals surface area contributed by atoms with Crippen LogP contribution in [0.4, 0.5) is 23.3 Å². The molecule has 0 saturated carbocycles. The van der Waals surface area contributed by atoms with Gasteiger partial charge in [-0.1, -0.05) is 46.4 Å². The van der Waals surface area contributed by atoms with Gasteiger partial charge in [0.05, 0.1) is 12.7 Å². The molecule has 0 unspecified atom stereocenters. The Morgan fingerprint density at radius 2 is 1.09 bits per heavy atom. The van der Waals surface area contributed by atoms with Crippen LogP contribution < -0.4 is 11.1 Å². The first kappa shape index (κ1) is 29.7. The molecule has 2 aromatic rings. The van der Waals surface area contributed by atoms with Crippen LogP contribution in [0.5, 0.6) is 0 Å². The number of halogens is 4. The van der Waals surface area contributed by atoms with E-state index in [1.54, 1.807) is 22.5 Å². The highest BCUT2D eigenvalue weighted by Gasteiger charge is 2.10. The number of nitrogens with zero attached hydrogens (tertiary/aromatic N) is 9. The summed E-state index contributed by atoms with van der Waals surface area (Å²) in [6.07, 6.45) is 3.10. The SMILES string of the molecule is C=Nc1nc(Cl)c(N=CN(C)C)c(Cl)n1.CN(C)C=Nc1c(Cl)nc(N)nc1Cl.CNC. The number of nitrogens with two attached hydrogens (primary N) is 1. The van der Waals surface area contributed by atoms with Crippen molar-refractivity contribution >= 4 is 89.1 Å². The summed E-state index contributed by atoms with van der Waals surface area (Å²) >= 11 is 23.2. The fourth-order valence-electron chi connectivity index (χ4n) is 1.44. The Morgan fingerprint density at radius 1 is 0.781 bits per heavy atom. The lowest BCUT2D eigenvalue weighted by Gasteiger charge is -2.04. The maximum absolute atomic E-state index is 5.84. The number of aliphatic imine (C=N–C) groups is 3. The van der Waals surface area contributed by atoms with Crippen molar-refractivity contribution in [3.8, 4) is 0 Å². The van der Waals surface area contributed by atoms with E-state index < -0.39 is 0 Å². The summed E-state index contributed by atoms with van der Waals surface area (Å²) in [7, 11) is 11.0.